The predicted molar refractivity (Wildman–Crippen MR) is 205 cm³/mol. The number of hydrogen-bond acceptors (Lipinski definition) is 12. The molecule has 1 aromatic carbocycles. The van der Waals surface area contributed by atoms with Gasteiger partial charge >= 0.3 is 5.97 Å². The Morgan fingerprint density at radius 1 is 1.02 bits per heavy atom. The molecule has 0 spiro atoms. The third kappa shape index (κ3) is 11.0. The first kappa shape index (κ1) is 45.0. The lowest BCUT2D eigenvalue weighted by molar-refractivity contribution is -0.318. The second-order valence-corrected chi connectivity index (χ2v) is 17.0. The Labute approximate surface area is 327 Å². The number of benzene rings is 1. The number of aliphatic hydroxyl groups excluding tert-OH is 1. The number of nitrogens with zero attached hydrogens (tertiary/aromatic N) is 2. The summed E-state index contributed by atoms with van der Waals surface area (Å²) in [5.41, 5.74) is -1.67. The predicted octanol–water partition coefficient (Wildman–Crippen LogP) is 2.90. The summed E-state index contributed by atoms with van der Waals surface area (Å²) >= 11 is 0. The fourth-order valence-electron chi connectivity index (χ4n) is 8.87. The van der Waals surface area contributed by atoms with Crippen molar-refractivity contribution in [2.45, 2.75) is 154 Å². The van der Waals surface area contributed by atoms with Crippen LogP contribution in [-0.2, 0) is 49.2 Å². The second kappa shape index (κ2) is 18.7. The van der Waals surface area contributed by atoms with E-state index in [-0.39, 0.29) is 43.2 Å². The molecule has 4 rings (SSSR count). The Hall–Kier alpha value is -2.69. The maximum absolute atomic E-state index is 14.5. The monoisotopic (exact) mass is 777 g/mol. The minimum Gasteiger partial charge on any atom is -0.457 e. The molecular weight excluding hydrogens is 710 g/mol. The summed E-state index contributed by atoms with van der Waals surface area (Å²) in [7, 11) is 7.01. The molecule has 1 aromatic rings. The Bertz CT molecular complexity index is 1430. The van der Waals surface area contributed by atoms with Gasteiger partial charge in [-0.2, -0.15) is 0 Å². The average molecular weight is 778 g/mol. The molecule has 3 fully saturated rings. The molecule has 3 saturated heterocycles. The zero-order chi connectivity index (χ0) is 41.0. The Morgan fingerprint density at radius 3 is 2.27 bits per heavy atom. The number of methoxy groups -OCH3 is 1. The van der Waals surface area contributed by atoms with Crippen LogP contribution < -0.4 is 5.32 Å². The SMILES string of the molecule is CO[C@]1(C)C[C@H](O[C@H]2[C@H](C)[C@@H](O[C@@H]3O[C@H](C)C[C@H](N(C)C)[C@H]3O)[C@](C)(O)C[C@@H](C)CN(C)C(=O)C(Cc3ccccc3)NC(=O)[C@@H]2C)O[C@@H](C)[C@@H]1OC(C)=O. The van der Waals surface area contributed by atoms with E-state index in [0.717, 1.165) is 5.56 Å². The summed E-state index contributed by atoms with van der Waals surface area (Å²) in [4.78, 5) is 44.1. The number of esters is 1. The van der Waals surface area contributed by atoms with E-state index in [9.17, 15) is 24.6 Å². The number of rotatable bonds is 9. The first-order valence-corrected chi connectivity index (χ1v) is 19.7. The van der Waals surface area contributed by atoms with Crippen LogP contribution in [0.25, 0.3) is 0 Å². The third-order valence-corrected chi connectivity index (χ3v) is 11.7. The number of carbonyl (C=O) groups excluding carboxylic acids is 3. The zero-order valence-corrected chi connectivity index (χ0v) is 34.9. The Balaban J connectivity index is 1.79. The molecule has 0 aliphatic carbocycles. The fourth-order valence-corrected chi connectivity index (χ4v) is 8.87. The van der Waals surface area contributed by atoms with Crippen molar-refractivity contribution in [3.05, 3.63) is 35.9 Å². The van der Waals surface area contributed by atoms with Crippen LogP contribution in [0.1, 0.15) is 80.2 Å². The van der Waals surface area contributed by atoms with Gasteiger partial charge in [-0.3, -0.25) is 14.4 Å². The average Bonchev–Trinajstić information content (AvgIpc) is 3.10. The molecule has 312 valence electrons. The fraction of sp³-hybridized carbons (Fsp3) is 0.780. The molecule has 3 heterocycles. The molecule has 3 aliphatic rings. The highest BCUT2D eigenvalue weighted by atomic mass is 16.7. The molecule has 14 nitrogen and oxygen atoms in total. The lowest BCUT2D eigenvalue weighted by Crippen LogP contribution is -2.61. The number of ether oxygens (including phenoxy) is 6. The van der Waals surface area contributed by atoms with Crippen LogP contribution in [-0.4, -0.2) is 145 Å². The Morgan fingerprint density at radius 2 is 1.67 bits per heavy atom. The molecule has 15 atom stereocenters. The van der Waals surface area contributed by atoms with Gasteiger partial charge in [0.2, 0.25) is 11.8 Å². The quantitative estimate of drug-likeness (QED) is 0.315. The first-order valence-electron chi connectivity index (χ1n) is 19.7. The molecule has 0 bridgehead atoms. The maximum atomic E-state index is 14.5. The van der Waals surface area contributed by atoms with Gasteiger partial charge in [0.15, 0.2) is 18.7 Å². The van der Waals surface area contributed by atoms with E-state index in [1.807, 2.05) is 77.0 Å². The van der Waals surface area contributed by atoms with Crippen LogP contribution >= 0.6 is 0 Å². The van der Waals surface area contributed by atoms with Crippen molar-refractivity contribution in [3.8, 4) is 0 Å². The highest BCUT2D eigenvalue weighted by Gasteiger charge is 2.52. The highest BCUT2D eigenvalue weighted by Crippen LogP contribution is 2.40. The number of nitrogens with one attached hydrogen (secondary N) is 1. The lowest BCUT2D eigenvalue weighted by atomic mass is 9.77. The molecule has 3 aliphatic heterocycles. The van der Waals surface area contributed by atoms with E-state index >= 15 is 0 Å². The van der Waals surface area contributed by atoms with Crippen molar-refractivity contribution in [2.75, 3.05) is 34.8 Å². The summed E-state index contributed by atoms with van der Waals surface area (Å²) in [5.74, 6) is -2.99. The number of likely N-dealkylation sites (N-methyl/N-ethyl adjacent to an activating group) is 2. The van der Waals surface area contributed by atoms with Crippen LogP contribution in [0.3, 0.4) is 0 Å². The molecule has 0 radical (unpaired) electrons. The van der Waals surface area contributed by atoms with Crippen LogP contribution in [0.2, 0.25) is 0 Å². The van der Waals surface area contributed by atoms with Gasteiger partial charge in [-0.05, 0) is 66.1 Å². The zero-order valence-electron chi connectivity index (χ0n) is 34.9. The van der Waals surface area contributed by atoms with Crippen molar-refractivity contribution < 1.29 is 53.0 Å². The van der Waals surface area contributed by atoms with Gasteiger partial charge in [0, 0.05) is 52.4 Å². The molecule has 55 heavy (non-hydrogen) atoms. The molecule has 0 saturated carbocycles. The smallest absolute Gasteiger partial charge is 0.303 e. The molecule has 1 unspecified atom stereocenters. The van der Waals surface area contributed by atoms with Gasteiger partial charge in [0.1, 0.15) is 17.7 Å². The van der Waals surface area contributed by atoms with Crippen molar-refractivity contribution in [1.82, 2.24) is 15.1 Å². The number of aliphatic hydroxyl groups is 2. The molecule has 3 N–H and O–H groups in total. The van der Waals surface area contributed by atoms with Gasteiger partial charge in [0.05, 0.1) is 35.9 Å². The van der Waals surface area contributed by atoms with E-state index in [4.69, 9.17) is 28.4 Å². The molecule has 2 amide bonds. The minimum atomic E-state index is -1.56. The summed E-state index contributed by atoms with van der Waals surface area (Å²) < 4.78 is 37.7. The van der Waals surface area contributed by atoms with Crippen LogP contribution in [0, 0.1) is 17.8 Å². The topological polar surface area (TPSA) is 166 Å². The van der Waals surface area contributed by atoms with Gasteiger partial charge in [-0.25, -0.2) is 0 Å². The largest absolute Gasteiger partial charge is 0.457 e. The van der Waals surface area contributed by atoms with Gasteiger partial charge in [0.25, 0.3) is 0 Å². The van der Waals surface area contributed by atoms with Crippen LogP contribution in [0.4, 0.5) is 0 Å². The number of amides is 2. The van der Waals surface area contributed by atoms with E-state index in [1.54, 1.807) is 32.7 Å². The third-order valence-electron chi connectivity index (χ3n) is 11.7. The number of hydrogen-bond donors (Lipinski definition) is 3. The van der Waals surface area contributed by atoms with Gasteiger partial charge < -0.3 is 53.8 Å². The maximum Gasteiger partial charge on any atom is 0.303 e. The van der Waals surface area contributed by atoms with Crippen molar-refractivity contribution in [1.29, 1.82) is 0 Å². The minimum absolute atomic E-state index is 0.148. The normalized spacial score (nSPS) is 41.1. The summed E-state index contributed by atoms with van der Waals surface area (Å²) in [5, 5.41) is 27.1. The summed E-state index contributed by atoms with van der Waals surface area (Å²) in [6.45, 7) is 14.3. The summed E-state index contributed by atoms with van der Waals surface area (Å²) in [6, 6.07) is 8.37. The first-order chi connectivity index (χ1) is 25.7. The van der Waals surface area contributed by atoms with Gasteiger partial charge in [-0.15, -0.1) is 0 Å². The Kier molecular flexibility index (Phi) is 15.3. The standard InChI is InChI=1S/C41H67N3O11/c1-23-20-40(7,49)35(55-39-33(46)31(43(9)10)18-24(2)51-39)25(3)34(54-32-21-41(8,50-12)36(27(5)52-32)53-28(6)45)26(4)37(47)42-30(38(48)44(11)22-23)19-29-16-14-13-15-17-29/h13-17,23-27,30-36,39,46,49H,18-22H2,1-12H3,(H,42,47)/t23-,24-,25+,26-,27+,30?,31+,32+,33-,34+,35-,36+,39+,40-,41-/m1/s1. The van der Waals surface area contributed by atoms with Crippen molar-refractivity contribution in [2.24, 2.45) is 17.8 Å². The summed E-state index contributed by atoms with van der Waals surface area (Å²) in [6.07, 6.45) is -5.48. The van der Waals surface area contributed by atoms with Crippen molar-refractivity contribution in [3.63, 3.8) is 0 Å². The molecule has 0 aromatic heterocycles. The number of carbonyl (C=O) groups is 3. The van der Waals surface area contributed by atoms with E-state index in [2.05, 4.69) is 5.32 Å². The molecule has 14 heteroatoms. The second-order valence-electron chi connectivity index (χ2n) is 17.0. The van der Waals surface area contributed by atoms with E-state index in [0.29, 0.717) is 13.0 Å². The van der Waals surface area contributed by atoms with Gasteiger partial charge in [-0.1, -0.05) is 51.1 Å². The van der Waals surface area contributed by atoms with Crippen LogP contribution in [0.15, 0.2) is 30.3 Å². The lowest BCUT2D eigenvalue weighted by Gasteiger charge is -2.49. The highest BCUT2D eigenvalue weighted by molar-refractivity contribution is 5.88. The van der Waals surface area contributed by atoms with Crippen LogP contribution in [0.5, 0.6) is 0 Å². The van der Waals surface area contributed by atoms with E-state index < -0.39 is 84.1 Å². The van der Waals surface area contributed by atoms with E-state index in [1.165, 1.54) is 14.0 Å². The molecular formula is C41H67N3O11. The van der Waals surface area contributed by atoms with Crippen molar-refractivity contribution >= 4 is 17.8 Å².